The first-order chi connectivity index (χ1) is 12.1. The highest BCUT2D eigenvalue weighted by Crippen LogP contribution is 2.27. The molecule has 0 bridgehead atoms. The summed E-state index contributed by atoms with van der Waals surface area (Å²) in [6.07, 6.45) is 5.39. The molecule has 2 fully saturated rings. The molecule has 1 N–H and O–H groups in total. The van der Waals surface area contributed by atoms with E-state index >= 15 is 0 Å². The molecule has 2 aliphatic rings. The maximum atomic E-state index is 12.6. The maximum absolute atomic E-state index is 12.6. The third-order valence-corrected chi connectivity index (χ3v) is 4.82. The number of carbonyl (C=O) groups is 3. The third kappa shape index (κ3) is 2.71. The van der Waals surface area contributed by atoms with Crippen LogP contribution in [-0.4, -0.2) is 45.3 Å². The van der Waals surface area contributed by atoms with Crippen LogP contribution in [0.4, 0.5) is 4.79 Å². The monoisotopic (exact) mass is 338 g/mol. The molecule has 7 nitrogen and oxygen atoms in total. The van der Waals surface area contributed by atoms with Crippen LogP contribution in [0.2, 0.25) is 0 Å². The summed E-state index contributed by atoms with van der Waals surface area (Å²) >= 11 is 0. The van der Waals surface area contributed by atoms with E-state index in [0.29, 0.717) is 16.5 Å². The molecule has 0 atom stereocenters. The second kappa shape index (κ2) is 6.16. The molecule has 128 valence electrons. The zero-order valence-electron chi connectivity index (χ0n) is 13.6. The number of nitrogens with zero attached hydrogens (tertiary/aromatic N) is 3. The number of urea groups is 1. The SMILES string of the molecule is O=C(NN1CC(=O)N(C2CCCC2)C1=O)c1cccc2ncccc12. The minimum absolute atomic E-state index is 0.0383. The normalized spacial score (nSPS) is 18.4. The van der Waals surface area contributed by atoms with Crippen LogP contribution in [-0.2, 0) is 4.79 Å². The summed E-state index contributed by atoms with van der Waals surface area (Å²) in [5, 5.41) is 1.81. The highest BCUT2D eigenvalue weighted by Gasteiger charge is 2.42. The van der Waals surface area contributed by atoms with E-state index < -0.39 is 11.9 Å². The molecule has 4 rings (SSSR count). The zero-order valence-corrected chi connectivity index (χ0v) is 13.6. The van der Waals surface area contributed by atoms with Gasteiger partial charge in [-0.2, -0.15) is 0 Å². The second-order valence-corrected chi connectivity index (χ2v) is 6.39. The highest BCUT2D eigenvalue weighted by atomic mass is 16.2. The van der Waals surface area contributed by atoms with Gasteiger partial charge in [-0.1, -0.05) is 25.0 Å². The van der Waals surface area contributed by atoms with Crippen molar-refractivity contribution in [3.8, 4) is 0 Å². The summed E-state index contributed by atoms with van der Waals surface area (Å²) in [6, 6.07) is 8.32. The predicted molar refractivity (Wildman–Crippen MR) is 90.4 cm³/mol. The Morgan fingerprint density at radius 1 is 1.12 bits per heavy atom. The number of aromatic nitrogens is 1. The van der Waals surface area contributed by atoms with Gasteiger partial charge in [0.15, 0.2) is 0 Å². The Hall–Kier alpha value is -2.96. The van der Waals surface area contributed by atoms with Gasteiger partial charge >= 0.3 is 6.03 Å². The summed E-state index contributed by atoms with van der Waals surface area (Å²) in [5.74, 6) is -0.676. The van der Waals surface area contributed by atoms with Gasteiger partial charge in [-0.05, 0) is 31.0 Å². The fourth-order valence-corrected chi connectivity index (χ4v) is 3.61. The van der Waals surface area contributed by atoms with Crippen LogP contribution in [0.15, 0.2) is 36.5 Å². The van der Waals surface area contributed by atoms with Crippen molar-refractivity contribution < 1.29 is 14.4 Å². The Morgan fingerprint density at radius 2 is 1.92 bits per heavy atom. The van der Waals surface area contributed by atoms with Gasteiger partial charge < -0.3 is 0 Å². The molecule has 2 heterocycles. The first-order valence-corrected chi connectivity index (χ1v) is 8.43. The second-order valence-electron chi connectivity index (χ2n) is 6.39. The van der Waals surface area contributed by atoms with Crippen LogP contribution in [0.25, 0.3) is 10.9 Å². The van der Waals surface area contributed by atoms with Crippen molar-refractivity contribution >= 4 is 28.7 Å². The van der Waals surface area contributed by atoms with Gasteiger partial charge in [0.05, 0.1) is 11.1 Å². The van der Waals surface area contributed by atoms with Gasteiger partial charge in [0, 0.05) is 17.6 Å². The molecule has 1 aromatic heterocycles. The molecule has 7 heteroatoms. The van der Waals surface area contributed by atoms with Crippen molar-refractivity contribution in [3.63, 3.8) is 0 Å². The standard InChI is InChI=1S/C18H18N4O3/c23-16-11-21(18(25)22(16)12-5-1-2-6-12)20-17(24)14-7-3-9-15-13(14)8-4-10-19-15/h3-4,7-10,12H,1-2,5-6,11H2,(H,20,24). The maximum Gasteiger partial charge on any atom is 0.346 e. The number of hydrogen-bond donors (Lipinski definition) is 1. The summed E-state index contributed by atoms with van der Waals surface area (Å²) in [6.45, 7) is -0.121. The fraction of sp³-hybridized carbons (Fsp3) is 0.333. The van der Waals surface area contributed by atoms with E-state index in [9.17, 15) is 14.4 Å². The average molecular weight is 338 g/mol. The number of benzene rings is 1. The van der Waals surface area contributed by atoms with E-state index in [4.69, 9.17) is 0 Å². The molecule has 4 amide bonds. The predicted octanol–water partition coefficient (Wildman–Crippen LogP) is 2.09. The van der Waals surface area contributed by atoms with Crippen molar-refractivity contribution in [3.05, 3.63) is 42.1 Å². The Bertz CT molecular complexity index is 855. The Kier molecular flexibility index (Phi) is 3.83. The smallest absolute Gasteiger partial charge is 0.272 e. The number of carbonyl (C=O) groups excluding carboxylic acids is 3. The number of amides is 4. The molecule has 0 unspecified atom stereocenters. The molecule has 0 radical (unpaired) electrons. The summed E-state index contributed by atoms with van der Waals surface area (Å²) in [7, 11) is 0. The van der Waals surface area contributed by atoms with Gasteiger partial charge in [-0.25, -0.2) is 9.80 Å². The summed E-state index contributed by atoms with van der Waals surface area (Å²) in [4.78, 5) is 42.9. The summed E-state index contributed by atoms with van der Waals surface area (Å²) < 4.78 is 0. The van der Waals surface area contributed by atoms with Gasteiger partial charge in [0.2, 0.25) is 0 Å². The van der Waals surface area contributed by atoms with E-state index in [1.54, 1.807) is 30.5 Å². The molecule has 1 saturated carbocycles. The van der Waals surface area contributed by atoms with Gasteiger partial charge in [0.25, 0.3) is 11.8 Å². The Balaban J connectivity index is 1.54. The quantitative estimate of drug-likeness (QED) is 0.869. The molecule has 2 aromatic rings. The lowest BCUT2D eigenvalue weighted by atomic mass is 10.1. The largest absolute Gasteiger partial charge is 0.346 e. The Labute approximate surface area is 144 Å². The van der Waals surface area contributed by atoms with E-state index in [0.717, 1.165) is 30.7 Å². The van der Waals surface area contributed by atoms with E-state index in [-0.39, 0.29) is 18.5 Å². The summed E-state index contributed by atoms with van der Waals surface area (Å²) in [5.41, 5.74) is 3.70. The lowest BCUT2D eigenvalue weighted by Gasteiger charge is -2.22. The molecule has 1 saturated heterocycles. The third-order valence-electron chi connectivity index (χ3n) is 4.82. The molecular formula is C18H18N4O3. The van der Waals surface area contributed by atoms with Crippen molar-refractivity contribution in [1.29, 1.82) is 0 Å². The number of hydrazine groups is 1. The van der Waals surface area contributed by atoms with Crippen molar-refractivity contribution in [1.82, 2.24) is 20.3 Å². The average Bonchev–Trinajstić information content (AvgIpc) is 3.23. The molecule has 1 aromatic carbocycles. The minimum atomic E-state index is -0.441. The van der Waals surface area contributed by atoms with Gasteiger partial charge in [0.1, 0.15) is 6.54 Å². The van der Waals surface area contributed by atoms with Crippen LogP contribution in [0.3, 0.4) is 0 Å². The molecule has 1 aliphatic carbocycles. The molecule has 25 heavy (non-hydrogen) atoms. The topological polar surface area (TPSA) is 82.6 Å². The number of rotatable bonds is 3. The minimum Gasteiger partial charge on any atom is -0.272 e. The van der Waals surface area contributed by atoms with Gasteiger partial charge in [-0.15, -0.1) is 0 Å². The Morgan fingerprint density at radius 3 is 2.72 bits per heavy atom. The zero-order chi connectivity index (χ0) is 17.4. The number of fused-ring (bicyclic) bond motifs is 1. The lowest BCUT2D eigenvalue weighted by Crippen LogP contribution is -2.46. The number of nitrogens with one attached hydrogen (secondary N) is 1. The number of pyridine rings is 1. The van der Waals surface area contributed by atoms with Crippen molar-refractivity contribution in [2.24, 2.45) is 0 Å². The number of imide groups is 1. The van der Waals surface area contributed by atoms with Gasteiger partial charge in [-0.3, -0.25) is 24.9 Å². The first kappa shape index (κ1) is 15.6. The van der Waals surface area contributed by atoms with Crippen molar-refractivity contribution in [2.75, 3.05) is 6.54 Å². The fourth-order valence-electron chi connectivity index (χ4n) is 3.61. The van der Waals surface area contributed by atoms with E-state index in [2.05, 4.69) is 10.4 Å². The lowest BCUT2D eigenvalue weighted by molar-refractivity contribution is -0.126. The molecule has 1 aliphatic heterocycles. The number of hydrogen-bond acceptors (Lipinski definition) is 4. The van der Waals surface area contributed by atoms with Crippen LogP contribution in [0, 0.1) is 0 Å². The molecular weight excluding hydrogens is 320 g/mol. The first-order valence-electron chi connectivity index (χ1n) is 8.43. The highest BCUT2D eigenvalue weighted by molar-refractivity contribution is 6.08. The van der Waals surface area contributed by atoms with Crippen molar-refractivity contribution in [2.45, 2.75) is 31.7 Å². The molecule has 0 spiro atoms. The van der Waals surface area contributed by atoms with E-state index in [1.165, 1.54) is 4.90 Å². The van der Waals surface area contributed by atoms with E-state index in [1.807, 2.05) is 6.07 Å². The van der Waals surface area contributed by atoms with Crippen LogP contribution < -0.4 is 5.43 Å². The van der Waals surface area contributed by atoms with Crippen LogP contribution in [0.5, 0.6) is 0 Å². The van der Waals surface area contributed by atoms with Crippen LogP contribution in [0.1, 0.15) is 36.0 Å². The van der Waals surface area contributed by atoms with Crippen LogP contribution >= 0.6 is 0 Å².